The minimum Gasteiger partial charge on any atom is -0.392 e. The van der Waals surface area contributed by atoms with Crippen molar-refractivity contribution in [2.45, 2.75) is 12.5 Å². The second-order valence-electron chi connectivity index (χ2n) is 5.93. The summed E-state index contributed by atoms with van der Waals surface area (Å²) in [5, 5.41) is 3.30. The first-order chi connectivity index (χ1) is 11.9. The number of nitrogens with two attached hydrogens (primary N) is 1. The Morgan fingerprint density at radius 3 is 2.68 bits per heavy atom. The van der Waals surface area contributed by atoms with Gasteiger partial charge in [0.05, 0.1) is 0 Å². The zero-order valence-corrected chi connectivity index (χ0v) is 13.3. The second-order valence-corrected chi connectivity index (χ2v) is 5.93. The number of nitrogen functional groups attached to an aromatic ring is 1. The maximum absolute atomic E-state index is 13.0. The fraction of sp³-hybridized carbons (Fsp3) is 0.312. The van der Waals surface area contributed by atoms with Crippen molar-refractivity contribution < 1.29 is 9.18 Å². The Bertz CT molecular complexity index is 890. The number of halogens is 1. The van der Waals surface area contributed by atoms with Gasteiger partial charge in [0.25, 0.3) is 11.5 Å². The number of aromatic nitrogens is 2. The molecule has 3 rings (SSSR count). The van der Waals surface area contributed by atoms with E-state index in [9.17, 15) is 18.8 Å². The minimum absolute atomic E-state index is 0.0295. The Morgan fingerprint density at radius 1 is 1.24 bits per heavy atom. The number of amides is 1. The molecule has 1 amide bonds. The summed E-state index contributed by atoms with van der Waals surface area (Å²) >= 11 is 0. The maximum Gasteiger partial charge on any atom is 0.326 e. The molecule has 25 heavy (non-hydrogen) atoms. The van der Waals surface area contributed by atoms with Crippen LogP contribution in [0.25, 0.3) is 0 Å². The third-order valence-electron chi connectivity index (χ3n) is 4.13. The number of carbonyl (C=O) groups excluding carboxylic acids is 1. The minimum atomic E-state index is -0.787. The van der Waals surface area contributed by atoms with Crippen molar-refractivity contribution in [2.75, 3.05) is 25.4 Å². The average Bonchev–Trinajstić information content (AvgIpc) is 2.60. The number of piperazine rings is 1. The Labute approximate surface area is 141 Å². The van der Waals surface area contributed by atoms with Crippen molar-refractivity contribution in [1.82, 2.24) is 20.2 Å². The molecular formula is C16H18FN5O3. The number of hydrogen-bond donors (Lipinski definition) is 4. The molecule has 1 unspecified atom stereocenters. The molecule has 0 bridgehead atoms. The van der Waals surface area contributed by atoms with E-state index < -0.39 is 17.2 Å². The molecule has 132 valence electrons. The van der Waals surface area contributed by atoms with Crippen LogP contribution in [0.2, 0.25) is 0 Å². The average molecular weight is 347 g/mol. The van der Waals surface area contributed by atoms with Gasteiger partial charge in [0.15, 0.2) is 0 Å². The first-order valence-electron chi connectivity index (χ1n) is 7.83. The van der Waals surface area contributed by atoms with Gasteiger partial charge in [0, 0.05) is 25.7 Å². The smallest absolute Gasteiger partial charge is 0.326 e. The molecule has 1 aromatic carbocycles. The van der Waals surface area contributed by atoms with Gasteiger partial charge in [-0.25, -0.2) is 9.18 Å². The van der Waals surface area contributed by atoms with Gasteiger partial charge < -0.3 is 20.9 Å². The van der Waals surface area contributed by atoms with Gasteiger partial charge in [0.2, 0.25) is 0 Å². The van der Waals surface area contributed by atoms with Gasteiger partial charge in [-0.3, -0.25) is 14.6 Å². The summed E-state index contributed by atoms with van der Waals surface area (Å²) in [5.41, 5.74) is 4.49. The highest BCUT2D eigenvalue weighted by molar-refractivity contribution is 5.96. The number of hydrogen-bond acceptors (Lipinski definition) is 5. The highest BCUT2D eigenvalue weighted by Crippen LogP contribution is 2.12. The van der Waals surface area contributed by atoms with Gasteiger partial charge in [-0.2, -0.15) is 0 Å². The number of nitrogens with one attached hydrogen (secondary N) is 3. The highest BCUT2D eigenvalue weighted by Gasteiger charge is 2.26. The highest BCUT2D eigenvalue weighted by atomic mass is 19.1. The van der Waals surface area contributed by atoms with Gasteiger partial charge in [-0.15, -0.1) is 0 Å². The van der Waals surface area contributed by atoms with Crippen LogP contribution in [0.4, 0.5) is 10.1 Å². The van der Waals surface area contributed by atoms with Crippen LogP contribution in [-0.4, -0.2) is 46.5 Å². The number of aromatic amines is 2. The molecule has 0 radical (unpaired) electrons. The quantitative estimate of drug-likeness (QED) is 0.593. The van der Waals surface area contributed by atoms with Crippen LogP contribution in [0.1, 0.15) is 16.1 Å². The lowest BCUT2D eigenvalue weighted by atomic mass is 10.0. The molecule has 0 aliphatic carbocycles. The number of anilines is 1. The van der Waals surface area contributed by atoms with Crippen LogP contribution in [0.3, 0.4) is 0 Å². The van der Waals surface area contributed by atoms with E-state index in [4.69, 9.17) is 5.73 Å². The van der Waals surface area contributed by atoms with E-state index in [0.29, 0.717) is 26.1 Å². The van der Waals surface area contributed by atoms with Crippen molar-refractivity contribution in [3.8, 4) is 0 Å². The van der Waals surface area contributed by atoms with Crippen LogP contribution < -0.4 is 22.3 Å². The Hall–Kier alpha value is -2.94. The monoisotopic (exact) mass is 347 g/mol. The SMILES string of the molecule is Nc1c(C(=O)N2CCNC(Cc3ccc(F)cc3)C2)[nH]c(=O)[nH]c1=O. The number of H-pyrrole nitrogens is 2. The van der Waals surface area contributed by atoms with E-state index >= 15 is 0 Å². The van der Waals surface area contributed by atoms with E-state index in [1.54, 1.807) is 12.1 Å². The third kappa shape index (κ3) is 3.77. The zero-order chi connectivity index (χ0) is 18.0. The molecular weight excluding hydrogens is 329 g/mol. The lowest BCUT2D eigenvalue weighted by molar-refractivity contribution is 0.0697. The molecule has 8 nitrogen and oxygen atoms in total. The molecule has 0 saturated carbocycles. The van der Waals surface area contributed by atoms with Crippen molar-refractivity contribution in [3.63, 3.8) is 0 Å². The van der Waals surface area contributed by atoms with Gasteiger partial charge in [-0.1, -0.05) is 12.1 Å². The fourth-order valence-corrected chi connectivity index (χ4v) is 2.87. The lowest BCUT2D eigenvalue weighted by Crippen LogP contribution is -2.54. The molecule has 1 atom stereocenters. The molecule has 1 fully saturated rings. The molecule has 2 aromatic rings. The summed E-state index contributed by atoms with van der Waals surface area (Å²) in [6.07, 6.45) is 0.617. The van der Waals surface area contributed by atoms with E-state index in [1.165, 1.54) is 17.0 Å². The summed E-state index contributed by atoms with van der Waals surface area (Å²) in [4.78, 5) is 41.4. The van der Waals surface area contributed by atoms with E-state index in [-0.39, 0.29) is 23.2 Å². The van der Waals surface area contributed by atoms with Crippen molar-refractivity contribution >= 4 is 11.6 Å². The van der Waals surface area contributed by atoms with Crippen LogP contribution >= 0.6 is 0 Å². The van der Waals surface area contributed by atoms with Crippen molar-refractivity contribution in [1.29, 1.82) is 0 Å². The van der Waals surface area contributed by atoms with E-state index in [0.717, 1.165) is 5.56 Å². The standard InChI is InChI=1S/C16H18FN5O3/c17-10-3-1-9(2-4-10)7-11-8-22(6-5-19-11)15(24)13-12(18)14(23)21-16(25)20-13/h1-4,11,19H,5-8,18H2,(H2,20,21,23,25). The Morgan fingerprint density at radius 2 is 1.96 bits per heavy atom. The molecule has 1 saturated heterocycles. The van der Waals surface area contributed by atoms with Gasteiger partial charge in [0.1, 0.15) is 17.2 Å². The van der Waals surface area contributed by atoms with Crippen molar-refractivity contribution in [2.24, 2.45) is 0 Å². The first kappa shape index (κ1) is 16.9. The predicted molar refractivity (Wildman–Crippen MR) is 89.9 cm³/mol. The summed E-state index contributed by atoms with van der Waals surface area (Å²) in [7, 11) is 0. The molecule has 2 heterocycles. The second kappa shape index (κ2) is 6.89. The van der Waals surface area contributed by atoms with E-state index in [1.807, 2.05) is 4.98 Å². The fourth-order valence-electron chi connectivity index (χ4n) is 2.87. The summed E-state index contributed by atoms with van der Waals surface area (Å²) < 4.78 is 13.0. The largest absolute Gasteiger partial charge is 0.392 e. The van der Waals surface area contributed by atoms with Crippen LogP contribution in [0.15, 0.2) is 33.9 Å². The zero-order valence-electron chi connectivity index (χ0n) is 13.3. The summed E-state index contributed by atoms with van der Waals surface area (Å²) in [5.74, 6) is -0.794. The van der Waals surface area contributed by atoms with Crippen LogP contribution in [0.5, 0.6) is 0 Å². The van der Waals surface area contributed by atoms with Gasteiger partial charge >= 0.3 is 5.69 Å². The number of benzene rings is 1. The topological polar surface area (TPSA) is 124 Å². The molecule has 1 aliphatic heterocycles. The number of nitrogens with zero attached hydrogens (tertiary/aromatic N) is 1. The van der Waals surface area contributed by atoms with Crippen LogP contribution in [0, 0.1) is 5.82 Å². The normalized spacial score (nSPS) is 17.5. The predicted octanol–water partition coefficient (Wildman–Crippen LogP) is -0.559. The van der Waals surface area contributed by atoms with Crippen LogP contribution in [-0.2, 0) is 6.42 Å². The summed E-state index contributed by atoms with van der Waals surface area (Å²) in [6.45, 7) is 1.36. The van der Waals surface area contributed by atoms with E-state index in [2.05, 4.69) is 10.3 Å². The third-order valence-corrected chi connectivity index (χ3v) is 4.13. The number of carbonyl (C=O) groups is 1. The molecule has 1 aromatic heterocycles. The Kier molecular flexibility index (Phi) is 4.66. The molecule has 5 N–H and O–H groups in total. The summed E-state index contributed by atoms with van der Waals surface area (Å²) in [6, 6.07) is 6.15. The molecule has 9 heteroatoms. The van der Waals surface area contributed by atoms with Crippen molar-refractivity contribution in [3.05, 3.63) is 62.2 Å². The Balaban J connectivity index is 1.75. The lowest BCUT2D eigenvalue weighted by Gasteiger charge is -2.34. The molecule has 0 spiro atoms. The number of rotatable bonds is 3. The maximum atomic E-state index is 13.0. The molecule has 1 aliphatic rings. The first-order valence-corrected chi connectivity index (χ1v) is 7.83. The van der Waals surface area contributed by atoms with Gasteiger partial charge in [-0.05, 0) is 24.1 Å².